The minimum absolute atomic E-state index is 0.292. The Hall–Kier alpha value is -2.69. The van der Waals surface area contributed by atoms with E-state index >= 15 is 0 Å². The highest BCUT2D eigenvalue weighted by Gasteiger charge is 2.11. The van der Waals surface area contributed by atoms with Gasteiger partial charge in [0.25, 0.3) is 0 Å². The van der Waals surface area contributed by atoms with E-state index in [1.54, 1.807) is 0 Å². The topological polar surface area (TPSA) is 90.7 Å². The number of rotatable bonds is 3. The van der Waals surface area contributed by atoms with E-state index in [4.69, 9.17) is 16.5 Å². The Kier molecular flexibility index (Phi) is 3.63. The molecular formula is C17H19N5. The molecule has 0 spiro atoms. The Morgan fingerprint density at radius 3 is 2.59 bits per heavy atom. The zero-order valence-corrected chi connectivity index (χ0v) is 12.8. The Morgan fingerprint density at radius 1 is 1.00 bits per heavy atom. The van der Waals surface area contributed by atoms with E-state index in [1.807, 2.05) is 37.3 Å². The summed E-state index contributed by atoms with van der Waals surface area (Å²) in [7, 11) is 0. The molecule has 2 aromatic heterocycles. The highest BCUT2D eigenvalue weighted by atomic mass is 15.0. The second-order valence-corrected chi connectivity index (χ2v) is 5.43. The van der Waals surface area contributed by atoms with Gasteiger partial charge in [0.15, 0.2) is 0 Å². The van der Waals surface area contributed by atoms with Crippen molar-refractivity contribution in [2.45, 2.75) is 26.7 Å². The minimum Gasteiger partial charge on any atom is -0.398 e. The summed E-state index contributed by atoms with van der Waals surface area (Å²) < 4.78 is 0. The standard InChI is InChI=1S/C17H19N5/c1-3-4-14-16-15(22-17(19)21-14)8-7-13(20-16)11-9-10(2)5-6-12(11)18/h5-9H,3-4,18H2,1-2H3,(H2,19,21,22). The highest BCUT2D eigenvalue weighted by Crippen LogP contribution is 2.27. The number of fused-ring (bicyclic) bond motifs is 1. The van der Waals surface area contributed by atoms with E-state index in [0.29, 0.717) is 11.6 Å². The quantitative estimate of drug-likeness (QED) is 0.724. The zero-order valence-electron chi connectivity index (χ0n) is 12.8. The Labute approximate surface area is 129 Å². The second kappa shape index (κ2) is 5.60. The molecule has 22 heavy (non-hydrogen) atoms. The number of pyridine rings is 1. The third kappa shape index (κ3) is 2.57. The molecule has 0 fully saturated rings. The molecule has 3 rings (SSSR count). The van der Waals surface area contributed by atoms with Crippen LogP contribution < -0.4 is 11.5 Å². The van der Waals surface area contributed by atoms with Crippen LogP contribution in [-0.2, 0) is 6.42 Å². The first kappa shape index (κ1) is 14.3. The van der Waals surface area contributed by atoms with Gasteiger partial charge in [0.2, 0.25) is 5.95 Å². The maximum absolute atomic E-state index is 6.10. The predicted molar refractivity (Wildman–Crippen MR) is 90.3 cm³/mol. The van der Waals surface area contributed by atoms with Crippen LogP contribution in [0.5, 0.6) is 0 Å². The Bertz CT molecular complexity index is 842. The fourth-order valence-electron chi connectivity index (χ4n) is 2.55. The van der Waals surface area contributed by atoms with Gasteiger partial charge in [0, 0.05) is 11.3 Å². The van der Waals surface area contributed by atoms with E-state index in [1.165, 1.54) is 0 Å². The van der Waals surface area contributed by atoms with Gasteiger partial charge in [-0.05, 0) is 37.6 Å². The third-order valence-electron chi connectivity index (χ3n) is 3.60. The van der Waals surface area contributed by atoms with Gasteiger partial charge in [0.1, 0.15) is 5.52 Å². The molecule has 2 heterocycles. The summed E-state index contributed by atoms with van der Waals surface area (Å²) in [5, 5.41) is 0. The summed E-state index contributed by atoms with van der Waals surface area (Å²) in [6.07, 6.45) is 1.80. The number of hydrogen-bond donors (Lipinski definition) is 2. The minimum atomic E-state index is 0.292. The summed E-state index contributed by atoms with van der Waals surface area (Å²) >= 11 is 0. The number of nitrogen functional groups attached to an aromatic ring is 2. The molecule has 0 atom stereocenters. The molecule has 0 saturated heterocycles. The van der Waals surface area contributed by atoms with E-state index in [2.05, 4.69) is 16.9 Å². The molecule has 0 radical (unpaired) electrons. The van der Waals surface area contributed by atoms with E-state index in [0.717, 1.165) is 46.4 Å². The smallest absolute Gasteiger partial charge is 0.220 e. The maximum Gasteiger partial charge on any atom is 0.220 e. The molecule has 5 heteroatoms. The lowest BCUT2D eigenvalue weighted by Gasteiger charge is -2.09. The van der Waals surface area contributed by atoms with Gasteiger partial charge in [-0.3, -0.25) is 0 Å². The summed E-state index contributed by atoms with van der Waals surface area (Å²) in [4.78, 5) is 13.4. The van der Waals surface area contributed by atoms with Gasteiger partial charge < -0.3 is 11.5 Å². The molecule has 0 amide bonds. The molecule has 0 aliphatic heterocycles. The van der Waals surface area contributed by atoms with Gasteiger partial charge >= 0.3 is 0 Å². The first-order valence-corrected chi connectivity index (χ1v) is 7.38. The molecule has 5 nitrogen and oxygen atoms in total. The molecule has 0 bridgehead atoms. The average Bonchev–Trinajstić information content (AvgIpc) is 2.49. The second-order valence-electron chi connectivity index (χ2n) is 5.43. The van der Waals surface area contributed by atoms with E-state index < -0.39 is 0 Å². The molecule has 112 valence electrons. The number of nitrogens with two attached hydrogens (primary N) is 2. The monoisotopic (exact) mass is 293 g/mol. The van der Waals surface area contributed by atoms with Gasteiger partial charge in [-0.15, -0.1) is 0 Å². The lowest BCUT2D eigenvalue weighted by Crippen LogP contribution is -2.03. The van der Waals surface area contributed by atoms with Crippen molar-refractivity contribution in [2.24, 2.45) is 0 Å². The van der Waals surface area contributed by atoms with Gasteiger partial charge in [-0.1, -0.05) is 25.0 Å². The molecular weight excluding hydrogens is 274 g/mol. The van der Waals surface area contributed by atoms with Crippen molar-refractivity contribution in [1.29, 1.82) is 0 Å². The fourth-order valence-corrected chi connectivity index (χ4v) is 2.55. The Morgan fingerprint density at radius 2 is 1.82 bits per heavy atom. The van der Waals surface area contributed by atoms with Crippen LogP contribution in [0.15, 0.2) is 30.3 Å². The van der Waals surface area contributed by atoms with Crippen LogP contribution in [0, 0.1) is 6.92 Å². The number of hydrogen-bond acceptors (Lipinski definition) is 5. The van der Waals surface area contributed by atoms with E-state index in [9.17, 15) is 0 Å². The van der Waals surface area contributed by atoms with Crippen molar-refractivity contribution in [3.8, 4) is 11.3 Å². The zero-order chi connectivity index (χ0) is 15.7. The van der Waals surface area contributed by atoms with Crippen LogP contribution in [0.4, 0.5) is 11.6 Å². The van der Waals surface area contributed by atoms with Crippen molar-refractivity contribution < 1.29 is 0 Å². The molecule has 0 aliphatic carbocycles. The number of nitrogens with zero attached hydrogens (tertiary/aromatic N) is 3. The van der Waals surface area contributed by atoms with Gasteiger partial charge in [0.05, 0.1) is 16.9 Å². The van der Waals surface area contributed by atoms with Crippen LogP contribution in [0.2, 0.25) is 0 Å². The number of benzene rings is 1. The van der Waals surface area contributed by atoms with Crippen molar-refractivity contribution in [2.75, 3.05) is 11.5 Å². The van der Waals surface area contributed by atoms with Crippen molar-refractivity contribution >= 4 is 22.7 Å². The summed E-state index contributed by atoms with van der Waals surface area (Å²) in [5.41, 5.74) is 18.0. The molecule has 1 aromatic carbocycles. The lowest BCUT2D eigenvalue weighted by atomic mass is 10.1. The van der Waals surface area contributed by atoms with Crippen LogP contribution in [0.1, 0.15) is 24.6 Å². The lowest BCUT2D eigenvalue weighted by molar-refractivity contribution is 0.885. The fraction of sp³-hybridized carbons (Fsp3) is 0.235. The largest absolute Gasteiger partial charge is 0.398 e. The van der Waals surface area contributed by atoms with Crippen LogP contribution in [-0.4, -0.2) is 15.0 Å². The van der Waals surface area contributed by atoms with Gasteiger partial charge in [-0.25, -0.2) is 15.0 Å². The molecule has 0 unspecified atom stereocenters. The van der Waals surface area contributed by atoms with E-state index in [-0.39, 0.29) is 0 Å². The van der Waals surface area contributed by atoms with Crippen LogP contribution >= 0.6 is 0 Å². The van der Waals surface area contributed by atoms with Crippen LogP contribution in [0.25, 0.3) is 22.3 Å². The Balaban J connectivity index is 2.22. The molecule has 0 aliphatic rings. The third-order valence-corrected chi connectivity index (χ3v) is 3.60. The van der Waals surface area contributed by atoms with Crippen LogP contribution in [0.3, 0.4) is 0 Å². The van der Waals surface area contributed by atoms with Crippen molar-refractivity contribution in [1.82, 2.24) is 15.0 Å². The number of aryl methyl sites for hydroxylation is 2. The average molecular weight is 293 g/mol. The summed E-state index contributed by atoms with van der Waals surface area (Å²) in [6.45, 7) is 4.14. The SMILES string of the molecule is CCCc1nc(N)nc2ccc(-c3cc(C)ccc3N)nc12. The molecule has 3 aromatic rings. The predicted octanol–water partition coefficient (Wildman–Crippen LogP) is 3.12. The molecule has 4 N–H and O–H groups in total. The molecule has 0 saturated carbocycles. The highest BCUT2D eigenvalue weighted by molar-refractivity contribution is 5.83. The summed E-state index contributed by atoms with van der Waals surface area (Å²) in [6, 6.07) is 9.79. The first-order valence-electron chi connectivity index (χ1n) is 7.38. The maximum atomic E-state index is 6.10. The normalized spacial score (nSPS) is 11.0. The number of aromatic nitrogens is 3. The van der Waals surface area contributed by atoms with Crippen molar-refractivity contribution in [3.05, 3.63) is 41.6 Å². The first-order chi connectivity index (χ1) is 10.6. The number of anilines is 2. The summed E-state index contributed by atoms with van der Waals surface area (Å²) in [5.74, 6) is 0.292. The van der Waals surface area contributed by atoms with Crippen molar-refractivity contribution in [3.63, 3.8) is 0 Å². The van der Waals surface area contributed by atoms with Gasteiger partial charge in [-0.2, -0.15) is 0 Å².